The highest BCUT2D eigenvalue weighted by molar-refractivity contribution is 7.80. The third-order valence-electron chi connectivity index (χ3n) is 3.73. The third kappa shape index (κ3) is 2.94. The molecule has 114 valence electrons. The molecule has 0 saturated carbocycles. The van der Waals surface area contributed by atoms with Crippen LogP contribution in [0, 0.1) is 0 Å². The van der Waals surface area contributed by atoms with E-state index < -0.39 is 12.0 Å². The van der Waals surface area contributed by atoms with Crippen molar-refractivity contribution >= 4 is 23.3 Å². The number of imidazole rings is 1. The number of nitrogens with zero attached hydrogens (tertiary/aromatic N) is 2. The van der Waals surface area contributed by atoms with Crippen LogP contribution in [0.4, 0.5) is 0 Å². The van der Waals surface area contributed by atoms with Crippen molar-refractivity contribution in [1.29, 1.82) is 0 Å². The highest BCUT2D eigenvalue weighted by atomic mass is 32.1. The summed E-state index contributed by atoms with van der Waals surface area (Å²) in [6.45, 7) is 0.991. The smallest absolute Gasteiger partial charge is 0.326 e. The van der Waals surface area contributed by atoms with Gasteiger partial charge in [0.25, 0.3) is 0 Å². The van der Waals surface area contributed by atoms with Crippen molar-refractivity contribution in [2.24, 2.45) is 0 Å². The van der Waals surface area contributed by atoms with Crippen LogP contribution in [0.15, 0.2) is 36.7 Å². The number of benzene rings is 1. The standard InChI is InChI=1S/C15H16N4O2S/c20-14(21)13-6-11-12(18-9-17-11)8-19(13)15(22)16-7-10-4-2-1-3-5-10/h1-5,9,13H,6-8H2,(H,16,22)(H,17,18)(H,20,21). The quantitative estimate of drug-likeness (QED) is 0.741. The molecule has 3 N–H and O–H groups in total. The monoisotopic (exact) mass is 316 g/mol. The molecule has 1 aromatic heterocycles. The fraction of sp³-hybridized carbons (Fsp3) is 0.267. The molecule has 0 saturated heterocycles. The molecule has 2 heterocycles. The van der Waals surface area contributed by atoms with Crippen LogP contribution in [0.25, 0.3) is 0 Å². The molecule has 1 aliphatic heterocycles. The van der Waals surface area contributed by atoms with Gasteiger partial charge in [-0.05, 0) is 17.8 Å². The summed E-state index contributed by atoms with van der Waals surface area (Å²) in [5.74, 6) is -0.891. The zero-order valence-corrected chi connectivity index (χ0v) is 12.6. The molecule has 0 radical (unpaired) electrons. The zero-order valence-electron chi connectivity index (χ0n) is 11.8. The van der Waals surface area contributed by atoms with Gasteiger partial charge < -0.3 is 20.3 Å². The van der Waals surface area contributed by atoms with Crippen molar-refractivity contribution in [1.82, 2.24) is 20.2 Å². The summed E-state index contributed by atoms with van der Waals surface area (Å²) in [4.78, 5) is 20.4. The predicted octanol–water partition coefficient (Wildman–Crippen LogP) is 1.30. The number of rotatable bonds is 3. The van der Waals surface area contributed by atoms with Gasteiger partial charge in [0.1, 0.15) is 6.04 Å². The molecule has 1 aliphatic rings. The van der Waals surface area contributed by atoms with Crippen LogP contribution in [0.5, 0.6) is 0 Å². The minimum absolute atomic E-state index is 0.349. The largest absolute Gasteiger partial charge is 0.480 e. The molecule has 1 unspecified atom stereocenters. The Bertz CT molecular complexity index is 686. The van der Waals surface area contributed by atoms with Crippen molar-refractivity contribution in [3.8, 4) is 0 Å². The number of carboxylic acids is 1. The highest BCUT2D eigenvalue weighted by Crippen LogP contribution is 2.21. The van der Waals surface area contributed by atoms with E-state index in [9.17, 15) is 9.90 Å². The van der Waals surface area contributed by atoms with E-state index in [4.69, 9.17) is 12.2 Å². The second kappa shape index (κ2) is 6.15. The van der Waals surface area contributed by atoms with Crippen LogP contribution >= 0.6 is 12.2 Å². The summed E-state index contributed by atoms with van der Waals surface area (Å²) in [6, 6.07) is 9.16. The molecule has 6 nitrogen and oxygen atoms in total. The molecule has 0 bridgehead atoms. The Hall–Kier alpha value is -2.41. The van der Waals surface area contributed by atoms with E-state index in [1.807, 2.05) is 30.3 Å². The van der Waals surface area contributed by atoms with E-state index in [0.29, 0.717) is 24.6 Å². The summed E-state index contributed by atoms with van der Waals surface area (Å²) in [7, 11) is 0. The number of fused-ring (bicyclic) bond motifs is 1. The fourth-order valence-electron chi connectivity index (χ4n) is 2.55. The van der Waals surface area contributed by atoms with Gasteiger partial charge >= 0.3 is 5.97 Å². The Balaban J connectivity index is 1.71. The van der Waals surface area contributed by atoms with Crippen LogP contribution < -0.4 is 5.32 Å². The summed E-state index contributed by atoms with van der Waals surface area (Å²) in [5, 5.41) is 13.0. The number of carbonyl (C=O) groups is 1. The molecule has 0 aliphatic carbocycles. The maximum atomic E-state index is 11.5. The van der Waals surface area contributed by atoms with Gasteiger partial charge in [-0.25, -0.2) is 9.78 Å². The van der Waals surface area contributed by atoms with E-state index in [2.05, 4.69) is 15.3 Å². The van der Waals surface area contributed by atoms with Crippen molar-refractivity contribution < 1.29 is 9.90 Å². The van der Waals surface area contributed by atoms with Gasteiger partial charge in [-0.15, -0.1) is 0 Å². The summed E-state index contributed by atoms with van der Waals surface area (Å²) < 4.78 is 0. The number of carboxylic acid groups (broad SMARTS) is 1. The van der Waals surface area contributed by atoms with Crippen LogP contribution in [0.1, 0.15) is 17.0 Å². The first-order valence-electron chi connectivity index (χ1n) is 6.97. The van der Waals surface area contributed by atoms with E-state index >= 15 is 0 Å². The number of H-pyrrole nitrogens is 1. The van der Waals surface area contributed by atoms with E-state index in [0.717, 1.165) is 17.0 Å². The lowest BCUT2D eigenvalue weighted by atomic mass is 10.0. The minimum Gasteiger partial charge on any atom is -0.480 e. The lowest BCUT2D eigenvalue weighted by molar-refractivity contribution is -0.142. The first-order chi connectivity index (χ1) is 10.6. The van der Waals surface area contributed by atoms with Crippen molar-refractivity contribution in [2.45, 2.75) is 25.6 Å². The molecule has 22 heavy (non-hydrogen) atoms. The third-order valence-corrected chi connectivity index (χ3v) is 4.11. The molecule has 0 amide bonds. The molecular weight excluding hydrogens is 300 g/mol. The summed E-state index contributed by atoms with van der Waals surface area (Å²) >= 11 is 5.39. The average Bonchev–Trinajstić information content (AvgIpc) is 2.99. The number of hydrogen-bond acceptors (Lipinski definition) is 3. The van der Waals surface area contributed by atoms with Gasteiger partial charge in [-0.1, -0.05) is 30.3 Å². The normalized spacial score (nSPS) is 16.9. The van der Waals surface area contributed by atoms with E-state index in [1.54, 1.807) is 11.2 Å². The van der Waals surface area contributed by atoms with Crippen molar-refractivity contribution in [2.75, 3.05) is 0 Å². The van der Waals surface area contributed by atoms with Crippen LogP contribution in [-0.2, 0) is 24.3 Å². The van der Waals surface area contributed by atoms with Gasteiger partial charge in [0, 0.05) is 13.0 Å². The second-order valence-corrected chi connectivity index (χ2v) is 5.54. The number of nitrogens with one attached hydrogen (secondary N) is 2. The summed E-state index contributed by atoms with van der Waals surface area (Å²) in [5.41, 5.74) is 2.81. The Labute approximate surface area is 133 Å². The van der Waals surface area contributed by atoms with Gasteiger partial charge in [-0.2, -0.15) is 0 Å². The molecule has 0 fully saturated rings. The first-order valence-corrected chi connectivity index (χ1v) is 7.38. The summed E-state index contributed by atoms with van der Waals surface area (Å²) in [6.07, 6.45) is 1.94. The van der Waals surface area contributed by atoms with E-state index in [-0.39, 0.29) is 0 Å². The van der Waals surface area contributed by atoms with Gasteiger partial charge in [0.15, 0.2) is 5.11 Å². The Kier molecular flexibility index (Phi) is 4.06. The zero-order chi connectivity index (χ0) is 15.5. The molecule has 3 rings (SSSR count). The lowest BCUT2D eigenvalue weighted by Crippen LogP contribution is -2.52. The minimum atomic E-state index is -0.891. The topological polar surface area (TPSA) is 81.2 Å². The molecule has 0 spiro atoms. The number of aromatic amines is 1. The van der Waals surface area contributed by atoms with Gasteiger partial charge in [0.2, 0.25) is 0 Å². The molecule has 1 atom stereocenters. The second-order valence-electron chi connectivity index (χ2n) is 5.16. The average molecular weight is 316 g/mol. The SMILES string of the molecule is O=C(O)C1Cc2nc[nH]c2CN1C(=S)NCc1ccccc1. The van der Waals surface area contributed by atoms with E-state index in [1.165, 1.54) is 0 Å². The predicted molar refractivity (Wildman–Crippen MR) is 85.1 cm³/mol. The van der Waals surface area contributed by atoms with Gasteiger partial charge in [0.05, 0.1) is 24.3 Å². The number of thiocarbonyl (C=S) groups is 1. The fourth-order valence-corrected chi connectivity index (χ4v) is 2.81. The Morgan fingerprint density at radius 2 is 2.23 bits per heavy atom. The number of aliphatic carboxylic acids is 1. The maximum absolute atomic E-state index is 11.5. The van der Waals surface area contributed by atoms with Gasteiger partial charge in [-0.3, -0.25) is 0 Å². The highest BCUT2D eigenvalue weighted by Gasteiger charge is 2.34. The molecule has 2 aromatic rings. The van der Waals surface area contributed by atoms with Crippen LogP contribution in [-0.4, -0.2) is 37.1 Å². The molecule has 7 heteroatoms. The molecular formula is C15H16N4O2S. The number of hydrogen-bond donors (Lipinski definition) is 3. The Morgan fingerprint density at radius 1 is 1.45 bits per heavy atom. The Morgan fingerprint density at radius 3 is 2.95 bits per heavy atom. The first kappa shape index (κ1) is 14.5. The lowest BCUT2D eigenvalue weighted by Gasteiger charge is -2.34. The maximum Gasteiger partial charge on any atom is 0.326 e. The number of aromatic nitrogens is 2. The molecule has 1 aromatic carbocycles. The van der Waals surface area contributed by atoms with Crippen molar-refractivity contribution in [3.63, 3.8) is 0 Å². The van der Waals surface area contributed by atoms with Crippen LogP contribution in [0.3, 0.4) is 0 Å². The van der Waals surface area contributed by atoms with Crippen molar-refractivity contribution in [3.05, 3.63) is 53.6 Å². The van der Waals surface area contributed by atoms with Crippen LogP contribution in [0.2, 0.25) is 0 Å².